The summed E-state index contributed by atoms with van der Waals surface area (Å²) in [5.74, 6) is 0.731. The molecule has 3 aromatic heterocycles. The monoisotopic (exact) mass is 437 g/mol. The highest BCUT2D eigenvalue weighted by molar-refractivity contribution is 7.22. The average Bonchev–Trinajstić information content (AvgIpc) is 3.36. The van der Waals surface area contributed by atoms with E-state index < -0.39 is 0 Å². The van der Waals surface area contributed by atoms with Crippen LogP contribution in [0, 0.1) is 13.8 Å². The number of carbonyl (C=O) groups is 1. The third kappa shape index (κ3) is 3.88. The van der Waals surface area contributed by atoms with Gasteiger partial charge in [0.15, 0.2) is 0 Å². The summed E-state index contributed by atoms with van der Waals surface area (Å²) in [5, 5.41) is 4.58. The van der Waals surface area contributed by atoms with Gasteiger partial charge in [0.2, 0.25) is 11.7 Å². The smallest absolute Gasteiger partial charge is 0.268 e. The molecule has 0 aliphatic carbocycles. The summed E-state index contributed by atoms with van der Waals surface area (Å²) in [6.07, 6.45) is 1.43. The highest BCUT2D eigenvalue weighted by atomic mass is 32.1. The molecule has 4 aromatic rings. The van der Waals surface area contributed by atoms with Gasteiger partial charge in [0.1, 0.15) is 11.4 Å². The molecule has 0 atom stereocenters. The average molecular weight is 438 g/mol. The predicted molar refractivity (Wildman–Crippen MR) is 120 cm³/mol. The number of fused-ring (bicyclic) bond motifs is 1. The molecule has 160 valence electrons. The van der Waals surface area contributed by atoms with Crippen molar-refractivity contribution in [2.75, 3.05) is 13.1 Å². The molecule has 0 saturated carbocycles. The van der Waals surface area contributed by atoms with Gasteiger partial charge >= 0.3 is 0 Å². The molecule has 0 bridgehead atoms. The fourth-order valence-electron chi connectivity index (χ4n) is 3.51. The molecule has 0 saturated heterocycles. The Balaban J connectivity index is 1.71. The zero-order valence-corrected chi connectivity index (χ0v) is 18.7. The molecule has 0 aliphatic heterocycles. The molecule has 31 heavy (non-hydrogen) atoms. The Hall–Kier alpha value is -3.33. The van der Waals surface area contributed by atoms with E-state index >= 15 is 0 Å². The molecular weight excluding hydrogens is 414 g/mol. The van der Waals surface area contributed by atoms with Crippen molar-refractivity contribution in [1.82, 2.24) is 24.6 Å². The molecule has 9 heteroatoms. The van der Waals surface area contributed by atoms with Crippen molar-refractivity contribution in [1.29, 1.82) is 0 Å². The third-order valence-corrected chi connectivity index (χ3v) is 6.42. The molecule has 0 fully saturated rings. The third-order valence-electron chi connectivity index (χ3n) is 5.24. The van der Waals surface area contributed by atoms with Gasteiger partial charge < -0.3 is 9.42 Å². The minimum absolute atomic E-state index is 0.0356. The van der Waals surface area contributed by atoms with E-state index in [1.54, 1.807) is 4.90 Å². The second-order valence-corrected chi connectivity index (χ2v) is 8.27. The number of likely N-dealkylation sites (N-methyl/N-ethyl adjacent to an activating group) is 1. The van der Waals surface area contributed by atoms with Gasteiger partial charge in [0.25, 0.3) is 11.4 Å². The number of thiophene rings is 1. The SMILES string of the molecule is CCN(CC)C(=O)Cn1cnc2sc(-c3nc(-c4cccc(C)c4)no3)c(C)c2c1=O. The number of carbonyl (C=O) groups excluding carboxylic acids is 1. The number of hydrogen-bond acceptors (Lipinski definition) is 7. The van der Waals surface area contributed by atoms with Gasteiger partial charge in [-0.25, -0.2) is 4.98 Å². The molecule has 0 aliphatic rings. The highest BCUT2D eigenvalue weighted by Crippen LogP contribution is 2.35. The fraction of sp³-hybridized carbons (Fsp3) is 0.318. The summed E-state index contributed by atoms with van der Waals surface area (Å²) in [6, 6.07) is 7.85. The van der Waals surface area contributed by atoms with Crippen LogP contribution >= 0.6 is 11.3 Å². The first kappa shape index (κ1) is 20.9. The zero-order chi connectivity index (χ0) is 22.1. The van der Waals surface area contributed by atoms with Crippen LogP contribution in [-0.4, -0.2) is 43.6 Å². The number of aryl methyl sites for hydroxylation is 2. The lowest BCUT2D eigenvalue weighted by atomic mass is 10.1. The van der Waals surface area contributed by atoms with Crippen LogP contribution in [0.2, 0.25) is 0 Å². The summed E-state index contributed by atoms with van der Waals surface area (Å²) in [7, 11) is 0. The maximum absolute atomic E-state index is 13.1. The number of nitrogens with zero attached hydrogens (tertiary/aromatic N) is 5. The van der Waals surface area contributed by atoms with Crippen molar-refractivity contribution in [2.45, 2.75) is 34.2 Å². The van der Waals surface area contributed by atoms with Crippen LogP contribution < -0.4 is 5.56 Å². The molecule has 0 radical (unpaired) electrons. The topological polar surface area (TPSA) is 94.1 Å². The second-order valence-electron chi connectivity index (χ2n) is 7.27. The molecule has 3 heterocycles. The van der Waals surface area contributed by atoms with Crippen molar-refractivity contribution in [2.24, 2.45) is 0 Å². The standard InChI is InChI=1S/C22H23N5O3S/c1-5-26(6-2)16(28)11-27-12-23-21-17(22(27)29)14(4)18(31-21)20-24-19(25-30-20)15-9-7-8-13(3)10-15/h7-10,12H,5-6,11H2,1-4H3. The van der Waals surface area contributed by atoms with E-state index in [4.69, 9.17) is 4.52 Å². The van der Waals surface area contributed by atoms with E-state index in [0.717, 1.165) is 16.7 Å². The van der Waals surface area contributed by atoms with Crippen LogP contribution in [0.4, 0.5) is 0 Å². The van der Waals surface area contributed by atoms with Crippen LogP contribution in [0.5, 0.6) is 0 Å². The zero-order valence-electron chi connectivity index (χ0n) is 17.9. The Morgan fingerprint density at radius 1 is 1.23 bits per heavy atom. The van der Waals surface area contributed by atoms with Gasteiger partial charge in [0.05, 0.1) is 16.6 Å². The number of aromatic nitrogens is 4. The summed E-state index contributed by atoms with van der Waals surface area (Å²) in [6.45, 7) is 8.83. The largest absolute Gasteiger partial charge is 0.342 e. The Morgan fingerprint density at radius 3 is 2.71 bits per heavy atom. The van der Waals surface area contributed by atoms with E-state index in [1.165, 1.54) is 22.2 Å². The van der Waals surface area contributed by atoms with Gasteiger partial charge in [0, 0.05) is 18.7 Å². The first-order valence-electron chi connectivity index (χ1n) is 10.1. The Labute approximate surface area is 183 Å². The summed E-state index contributed by atoms with van der Waals surface area (Å²) >= 11 is 1.33. The summed E-state index contributed by atoms with van der Waals surface area (Å²) in [4.78, 5) is 37.4. The fourth-order valence-corrected chi connectivity index (χ4v) is 4.58. The second kappa shape index (κ2) is 8.43. The number of benzene rings is 1. The van der Waals surface area contributed by atoms with Crippen molar-refractivity contribution >= 4 is 27.5 Å². The van der Waals surface area contributed by atoms with Crippen molar-refractivity contribution in [3.8, 4) is 22.2 Å². The summed E-state index contributed by atoms with van der Waals surface area (Å²) < 4.78 is 6.86. The van der Waals surface area contributed by atoms with Crippen LogP contribution in [0.25, 0.3) is 32.4 Å². The van der Waals surface area contributed by atoms with Crippen molar-refractivity contribution in [3.05, 3.63) is 52.1 Å². The van der Waals surface area contributed by atoms with E-state index in [1.807, 2.05) is 52.0 Å². The Bertz CT molecular complexity index is 1320. The van der Waals surface area contributed by atoms with E-state index in [2.05, 4.69) is 15.1 Å². The Kier molecular flexibility index (Phi) is 5.69. The van der Waals surface area contributed by atoms with Gasteiger partial charge in [-0.1, -0.05) is 28.9 Å². The highest BCUT2D eigenvalue weighted by Gasteiger charge is 2.21. The van der Waals surface area contributed by atoms with Gasteiger partial charge in [-0.2, -0.15) is 4.98 Å². The molecule has 4 rings (SSSR count). The first-order valence-corrected chi connectivity index (χ1v) is 10.9. The van der Waals surface area contributed by atoms with Crippen molar-refractivity contribution in [3.63, 3.8) is 0 Å². The van der Waals surface area contributed by atoms with Crippen LogP contribution in [0.3, 0.4) is 0 Å². The maximum atomic E-state index is 13.1. The van der Waals surface area contributed by atoms with Gasteiger partial charge in [-0.3, -0.25) is 14.2 Å². The molecule has 8 nitrogen and oxygen atoms in total. The molecule has 1 amide bonds. The number of amides is 1. The minimum Gasteiger partial charge on any atom is -0.342 e. The predicted octanol–water partition coefficient (Wildman–Crippen LogP) is 3.66. The number of hydrogen-bond donors (Lipinski definition) is 0. The van der Waals surface area contributed by atoms with Crippen molar-refractivity contribution < 1.29 is 9.32 Å². The minimum atomic E-state index is -0.246. The molecule has 0 spiro atoms. The van der Waals surface area contributed by atoms with Crippen LogP contribution in [0.1, 0.15) is 25.0 Å². The lowest BCUT2D eigenvalue weighted by Crippen LogP contribution is -2.36. The normalized spacial score (nSPS) is 11.2. The van der Waals surface area contributed by atoms with Gasteiger partial charge in [-0.05, 0) is 39.3 Å². The molecule has 0 unspecified atom stereocenters. The molecule has 1 aromatic carbocycles. The quantitative estimate of drug-likeness (QED) is 0.457. The molecule has 0 N–H and O–H groups in total. The van der Waals surface area contributed by atoms with E-state index in [-0.39, 0.29) is 18.0 Å². The maximum Gasteiger partial charge on any atom is 0.268 e. The van der Waals surface area contributed by atoms with Crippen LogP contribution in [0.15, 0.2) is 39.9 Å². The van der Waals surface area contributed by atoms with Gasteiger partial charge in [-0.15, -0.1) is 11.3 Å². The molecular formula is C22H23N5O3S. The van der Waals surface area contributed by atoms with Crippen LogP contribution in [-0.2, 0) is 11.3 Å². The lowest BCUT2D eigenvalue weighted by molar-refractivity contribution is -0.131. The number of rotatable bonds is 6. The van der Waals surface area contributed by atoms with E-state index in [9.17, 15) is 9.59 Å². The first-order chi connectivity index (χ1) is 14.9. The Morgan fingerprint density at radius 2 is 2.00 bits per heavy atom. The lowest BCUT2D eigenvalue weighted by Gasteiger charge is -2.18. The summed E-state index contributed by atoms with van der Waals surface area (Å²) in [5.41, 5.74) is 2.44. The van der Waals surface area contributed by atoms with E-state index in [0.29, 0.717) is 39.9 Å².